The first-order valence-electron chi connectivity index (χ1n) is 4.23. The van der Waals surface area contributed by atoms with Gasteiger partial charge in [0.05, 0.1) is 0 Å². The summed E-state index contributed by atoms with van der Waals surface area (Å²) in [4.78, 5) is 0. The van der Waals surface area contributed by atoms with Crippen molar-refractivity contribution in [2.24, 2.45) is 0 Å². The van der Waals surface area contributed by atoms with Crippen molar-refractivity contribution in [1.82, 2.24) is 0 Å². The summed E-state index contributed by atoms with van der Waals surface area (Å²) in [6, 6.07) is 0. The molecule has 0 aliphatic rings. The summed E-state index contributed by atoms with van der Waals surface area (Å²) in [6.07, 6.45) is 5.83. The fourth-order valence-electron chi connectivity index (χ4n) is 1.09. The van der Waals surface area contributed by atoms with Gasteiger partial charge in [0.2, 0.25) is 0 Å². The molecule has 1 radical (unpaired) electrons. The Morgan fingerprint density at radius 2 is 1.90 bits per heavy atom. The zero-order valence-corrected chi connectivity index (χ0v) is 7.19. The molecule has 0 saturated carbocycles. The fraction of sp³-hybridized carbons (Fsp3) is 0.889. The Morgan fingerprint density at radius 1 is 1.20 bits per heavy atom. The van der Waals surface area contributed by atoms with E-state index < -0.39 is 0 Å². The molecule has 0 spiro atoms. The summed E-state index contributed by atoms with van der Waals surface area (Å²) in [5.41, 5.74) is 0. The molecule has 0 aromatic rings. The normalized spacial score (nSPS) is 10.8. The van der Waals surface area contributed by atoms with Crippen molar-refractivity contribution in [2.45, 2.75) is 46.0 Å². The Bertz CT molecular complexity index is 61.7. The highest BCUT2D eigenvalue weighted by Crippen LogP contribution is 2.15. The number of aliphatic hydroxyl groups is 1. The van der Waals surface area contributed by atoms with Crippen molar-refractivity contribution in [2.75, 3.05) is 6.61 Å². The first kappa shape index (κ1) is 9.96. The molecule has 0 aliphatic carbocycles. The summed E-state index contributed by atoms with van der Waals surface area (Å²) >= 11 is 0. The molecule has 1 nitrogen and oxygen atoms in total. The fourth-order valence-corrected chi connectivity index (χ4v) is 1.09. The molecule has 0 atom stereocenters. The third-order valence-corrected chi connectivity index (χ3v) is 1.69. The smallest absolute Gasteiger partial charge is 0.0431 e. The number of aliphatic hydroxyl groups excluding tert-OH is 1. The van der Waals surface area contributed by atoms with E-state index in [1.807, 2.05) is 0 Å². The van der Waals surface area contributed by atoms with Gasteiger partial charge < -0.3 is 5.11 Å². The minimum atomic E-state index is 0.347. The van der Waals surface area contributed by atoms with Crippen molar-refractivity contribution in [3.05, 3.63) is 5.92 Å². The zero-order valence-electron chi connectivity index (χ0n) is 7.19. The number of hydrogen-bond acceptors (Lipinski definition) is 1. The lowest BCUT2D eigenvalue weighted by atomic mass is 9.99. The van der Waals surface area contributed by atoms with Gasteiger partial charge in [-0.25, -0.2) is 0 Å². The van der Waals surface area contributed by atoms with Gasteiger partial charge in [-0.2, -0.15) is 0 Å². The van der Waals surface area contributed by atoms with Gasteiger partial charge in [0.15, 0.2) is 0 Å². The van der Waals surface area contributed by atoms with Crippen LogP contribution in [0.25, 0.3) is 0 Å². The second kappa shape index (κ2) is 7.07. The predicted octanol–water partition coefficient (Wildman–Crippen LogP) is 2.54. The molecule has 1 N–H and O–H groups in total. The molecule has 0 saturated heterocycles. The summed E-state index contributed by atoms with van der Waals surface area (Å²) in [5.74, 6) is 1.58. The summed E-state index contributed by atoms with van der Waals surface area (Å²) in [7, 11) is 0. The number of rotatable bonds is 6. The summed E-state index contributed by atoms with van der Waals surface area (Å²) < 4.78 is 0. The third kappa shape index (κ3) is 6.09. The number of hydrogen-bond donors (Lipinski definition) is 1. The van der Waals surface area contributed by atoms with Crippen LogP contribution in [0.4, 0.5) is 0 Å². The summed E-state index contributed by atoms with van der Waals surface area (Å²) in [6.45, 7) is 4.76. The first-order valence-corrected chi connectivity index (χ1v) is 4.23. The van der Waals surface area contributed by atoms with Crippen LogP contribution in [-0.2, 0) is 0 Å². The second-order valence-electron chi connectivity index (χ2n) is 2.89. The van der Waals surface area contributed by atoms with E-state index in [2.05, 4.69) is 13.8 Å². The maximum absolute atomic E-state index is 8.50. The Hall–Kier alpha value is -0.0400. The van der Waals surface area contributed by atoms with E-state index in [9.17, 15) is 0 Å². The van der Waals surface area contributed by atoms with Crippen molar-refractivity contribution >= 4 is 0 Å². The zero-order chi connectivity index (χ0) is 7.82. The summed E-state index contributed by atoms with van der Waals surface area (Å²) in [5, 5.41) is 8.50. The highest BCUT2D eigenvalue weighted by molar-refractivity contribution is 4.82. The average molecular weight is 143 g/mol. The molecular weight excluding hydrogens is 124 g/mol. The molecular formula is C9H19O. The maximum Gasteiger partial charge on any atom is 0.0431 e. The predicted molar refractivity (Wildman–Crippen MR) is 44.8 cm³/mol. The Labute approximate surface area is 64.5 Å². The molecule has 0 rings (SSSR count). The van der Waals surface area contributed by atoms with Crippen molar-refractivity contribution in [3.8, 4) is 0 Å². The molecule has 0 bridgehead atoms. The topological polar surface area (TPSA) is 20.2 Å². The van der Waals surface area contributed by atoms with E-state index in [0.717, 1.165) is 12.8 Å². The van der Waals surface area contributed by atoms with Crippen LogP contribution in [0.15, 0.2) is 0 Å². The molecule has 0 aromatic carbocycles. The van der Waals surface area contributed by atoms with Gasteiger partial charge in [0, 0.05) is 6.61 Å². The van der Waals surface area contributed by atoms with E-state index in [1.165, 1.54) is 19.3 Å². The van der Waals surface area contributed by atoms with E-state index in [-0.39, 0.29) is 0 Å². The quantitative estimate of drug-likeness (QED) is 0.566. The molecule has 0 aromatic heterocycles. The van der Waals surface area contributed by atoms with E-state index in [4.69, 9.17) is 5.11 Å². The van der Waals surface area contributed by atoms with Gasteiger partial charge >= 0.3 is 0 Å². The van der Waals surface area contributed by atoms with Gasteiger partial charge in [0.25, 0.3) is 0 Å². The maximum atomic E-state index is 8.50. The van der Waals surface area contributed by atoms with Crippen LogP contribution in [-0.4, -0.2) is 11.7 Å². The lowest BCUT2D eigenvalue weighted by Crippen LogP contribution is -1.92. The van der Waals surface area contributed by atoms with Gasteiger partial charge in [0.1, 0.15) is 0 Å². The molecule has 0 heterocycles. The van der Waals surface area contributed by atoms with Crippen LogP contribution in [0, 0.1) is 5.92 Å². The van der Waals surface area contributed by atoms with Gasteiger partial charge in [-0.15, -0.1) is 0 Å². The Balaban J connectivity index is 2.97. The van der Waals surface area contributed by atoms with Gasteiger partial charge in [-0.05, 0) is 25.2 Å². The van der Waals surface area contributed by atoms with Crippen molar-refractivity contribution in [1.29, 1.82) is 0 Å². The van der Waals surface area contributed by atoms with Crippen LogP contribution in [0.2, 0.25) is 0 Å². The Morgan fingerprint density at radius 3 is 2.40 bits per heavy atom. The van der Waals surface area contributed by atoms with E-state index in [1.54, 1.807) is 5.92 Å². The second-order valence-corrected chi connectivity index (χ2v) is 2.89. The number of unbranched alkanes of at least 4 members (excludes halogenated alkanes) is 1. The monoisotopic (exact) mass is 143 g/mol. The highest BCUT2D eigenvalue weighted by Gasteiger charge is 1.99. The molecule has 0 unspecified atom stereocenters. The molecule has 0 aliphatic heterocycles. The lowest BCUT2D eigenvalue weighted by Gasteiger charge is -2.07. The third-order valence-electron chi connectivity index (χ3n) is 1.69. The van der Waals surface area contributed by atoms with Crippen LogP contribution in [0.5, 0.6) is 0 Å². The first-order chi connectivity index (χ1) is 4.81. The van der Waals surface area contributed by atoms with Crippen LogP contribution in [0.1, 0.15) is 46.0 Å². The van der Waals surface area contributed by atoms with Crippen LogP contribution < -0.4 is 0 Å². The van der Waals surface area contributed by atoms with Crippen LogP contribution >= 0.6 is 0 Å². The van der Waals surface area contributed by atoms with Crippen LogP contribution in [0.3, 0.4) is 0 Å². The Kier molecular flexibility index (Phi) is 7.04. The van der Waals surface area contributed by atoms with Gasteiger partial charge in [-0.3, -0.25) is 0 Å². The molecule has 0 amide bonds. The van der Waals surface area contributed by atoms with Crippen molar-refractivity contribution in [3.63, 3.8) is 0 Å². The van der Waals surface area contributed by atoms with Crippen molar-refractivity contribution < 1.29 is 5.11 Å². The SMILES string of the molecule is CCC[C](C)CCCCO. The van der Waals surface area contributed by atoms with Gasteiger partial charge in [-0.1, -0.05) is 26.7 Å². The lowest BCUT2D eigenvalue weighted by molar-refractivity contribution is 0.283. The minimum absolute atomic E-state index is 0.347. The largest absolute Gasteiger partial charge is 0.396 e. The molecule has 61 valence electrons. The van der Waals surface area contributed by atoms with E-state index in [0.29, 0.717) is 6.61 Å². The minimum Gasteiger partial charge on any atom is -0.396 e. The molecule has 1 heteroatoms. The average Bonchev–Trinajstić information content (AvgIpc) is 1.89. The molecule has 0 fully saturated rings. The highest BCUT2D eigenvalue weighted by atomic mass is 16.2. The standard InChI is InChI=1S/C9H19O/c1-3-6-9(2)7-4-5-8-10/h10H,3-8H2,1-2H3. The molecule has 10 heavy (non-hydrogen) atoms. The van der Waals surface area contributed by atoms with E-state index >= 15 is 0 Å².